The van der Waals surface area contributed by atoms with Gasteiger partial charge in [-0.05, 0) is 19.1 Å². The first kappa shape index (κ1) is 11.7. The van der Waals surface area contributed by atoms with Gasteiger partial charge in [0, 0.05) is 12.5 Å². The van der Waals surface area contributed by atoms with Crippen LogP contribution in [0.4, 0.5) is 0 Å². The Balaban J connectivity index is 2.59. The highest BCUT2D eigenvalue weighted by atomic mass is 16.5. The van der Waals surface area contributed by atoms with E-state index in [0.717, 1.165) is 0 Å². The zero-order chi connectivity index (χ0) is 11.3. The third-order valence-corrected chi connectivity index (χ3v) is 1.84. The predicted octanol–water partition coefficient (Wildman–Crippen LogP) is 0.318. The van der Waals surface area contributed by atoms with Gasteiger partial charge in [0.05, 0.1) is 13.2 Å². The summed E-state index contributed by atoms with van der Waals surface area (Å²) in [5.41, 5.74) is 5.52. The monoisotopic (exact) mass is 213 g/mol. The number of aliphatic hydroxyl groups excluding tert-OH is 1. The van der Waals surface area contributed by atoms with Gasteiger partial charge in [-0.2, -0.15) is 0 Å². The Morgan fingerprint density at radius 3 is 3.00 bits per heavy atom. The summed E-state index contributed by atoms with van der Waals surface area (Å²) in [7, 11) is 0. The fourth-order valence-corrected chi connectivity index (χ4v) is 1.12. The van der Waals surface area contributed by atoms with Crippen LogP contribution >= 0.6 is 0 Å². The number of nitrogens with two attached hydrogens (primary N) is 1. The van der Waals surface area contributed by atoms with Crippen molar-refractivity contribution in [1.29, 1.82) is 0 Å². The molecule has 1 atom stereocenters. The molecule has 0 fully saturated rings. The van der Waals surface area contributed by atoms with Gasteiger partial charge < -0.3 is 20.0 Å². The van der Waals surface area contributed by atoms with Crippen molar-refractivity contribution < 1.29 is 19.1 Å². The maximum Gasteiger partial charge on any atom is 0.374 e. The van der Waals surface area contributed by atoms with Crippen LogP contribution in [0, 0.1) is 0 Å². The summed E-state index contributed by atoms with van der Waals surface area (Å²) in [6.45, 7) is 1.92. The van der Waals surface area contributed by atoms with Crippen molar-refractivity contribution in [2.75, 3.05) is 13.2 Å². The highest BCUT2D eigenvalue weighted by molar-refractivity contribution is 5.86. The molecule has 5 nitrogen and oxygen atoms in total. The predicted molar refractivity (Wildman–Crippen MR) is 53.4 cm³/mol. The first-order chi connectivity index (χ1) is 7.17. The summed E-state index contributed by atoms with van der Waals surface area (Å²) >= 11 is 0. The minimum absolute atomic E-state index is 0.116. The Morgan fingerprint density at radius 2 is 2.40 bits per heavy atom. The molecule has 0 spiro atoms. The van der Waals surface area contributed by atoms with Crippen LogP contribution in [0.2, 0.25) is 0 Å². The smallest absolute Gasteiger partial charge is 0.374 e. The average molecular weight is 213 g/mol. The molecule has 3 N–H and O–H groups in total. The van der Waals surface area contributed by atoms with Crippen LogP contribution in [0.1, 0.15) is 23.2 Å². The fraction of sp³-hybridized carbons (Fsp3) is 0.500. The van der Waals surface area contributed by atoms with Gasteiger partial charge in [0.2, 0.25) is 5.76 Å². The van der Waals surface area contributed by atoms with Gasteiger partial charge in [-0.1, -0.05) is 0 Å². The van der Waals surface area contributed by atoms with E-state index in [1.807, 2.05) is 0 Å². The molecule has 0 aliphatic heterocycles. The summed E-state index contributed by atoms with van der Waals surface area (Å²) in [6.07, 6.45) is 0.399. The maximum atomic E-state index is 11.2. The second-order valence-corrected chi connectivity index (χ2v) is 3.13. The Kier molecular flexibility index (Phi) is 4.33. The van der Waals surface area contributed by atoms with E-state index in [0.29, 0.717) is 18.8 Å². The Bertz CT molecular complexity index is 321. The van der Waals surface area contributed by atoms with Crippen LogP contribution in [0.3, 0.4) is 0 Å². The second kappa shape index (κ2) is 5.53. The Labute approximate surface area is 87.8 Å². The summed E-state index contributed by atoms with van der Waals surface area (Å²) < 4.78 is 9.96. The van der Waals surface area contributed by atoms with E-state index in [1.54, 1.807) is 13.0 Å². The molecule has 0 aromatic carbocycles. The molecule has 0 aliphatic carbocycles. The lowest BCUT2D eigenvalue weighted by atomic mass is 10.2. The van der Waals surface area contributed by atoms with Crippen LogP contribution in [-0.2, 0) is 11.2 Å². The zero-order valence-corrected chi connectivity index (χ0v) is 8.60. The lowest BCUT2D eigenvalue weighted by molar-refractivity contribution is 0.0488. The van der Waals surface area contributed by atoms with Crippen molar-refractivity contribution in [3.05, 3.63) is 23.7 Å². The van der Waals surface area contributed by atoms with E-state index in [2.05, 4.69) is 0 Å². The number of ether oxygens (including phenoxy) is 1. The van der Waals surface area contributed by atoms with Gasteiger partial charge in [0.1, 0.15) is 5.76 Å². The minimum atomic E-state index is -0.485. The number of furan rings is 1. The summed E-state index contributed by atoms with van der Waals surface area (Å²) in [6, 6.07) is 2.82. The summed E-state index contributed by atoms with van der Waals surface area (Å²) in [5, 5.41) is 8.74. The van der Waals surface area contributed by atoms with E-state index in [9.17, 15) is 4.79 Å². The number of hydrogen-bond acceptors (Lipinski definition) is 5. The van der Waals surface area contributed by atoms with Crippen LogP contribution in [0.25, 0.3) is 0 Å². The minimum Gasteiger partial charge on any atom is -0.460 e. The zero-order valence-electron chi connectivity index (χ0n) is 8.60. The number of rotatable bonds is 5. The largest absolute Gasteiger partial charge is 0.460 e. The molecule has 0 bridgehead atoms. The number of hydrogen-bond donors (Lipinski definition) is 2. The van der Waals surface area contributed by atoms with Crippen LogP contribution in [0.5, 0.6) is 0 Å². The van der Waals surface area contributed by atoms with Gasteiger partial charge in [-0.3, -0.25) is 0 Å². The summed E-state index contributed by atoms with van der Waals surface area (Å²) in [4.78, 5) is 11.2. The van der Waals surface area contributed by atoms with Crippen molar-refractivity contribution in [2.24, 2.45) is 5.73 Å². The third-order valence-electron chi connectivity index (χ3n) is 1.84. The first-order valence-electron chi connectivity index (χ1n) is 4.79. The Morgan fingerprint density at radius 1 is 1.67 bits per heavy atom. The highest BCUT2D eigenvalue weighted by Gasteiger charge is 2.13. The van der Waals surface area contributed by atoms with Gasteiger partial charge in [-0.15, -0.1) is 0 Å². The SMILES string of the molecule is CCOC(=O)c1ccc(CC(N)CO)o1. The van der Waals surface area contributed by atoms with E-state index in [-0.39, 0.29) is 18.4 Å². The molecule has 0 aliphatic rings. The van der Waals surface area contributed by atoms with E-state index in [4.69, 9.17) is 20.0 Å². The lowest BCUT2D eigenvalue weighted by Crippen LogP contribution is -2.26. The van der Waals surface area contributed by atoms with Crippen molar-refractivity contribution in [3.63, 3.8) is 0 Å². The molecule has 1 heterocycles. The van der Waals surface area contributed by atoms with Crippen molar-refractivity contribution in [3.8, 4) is 0 Å². The standard InChI is InChI=1S/C10H15NO4/c1-2-14-10(13)9-4-3-8(15-9)5-7(11)6-12/h3-4,7,12H,2,5-6,11H2,1H3. The summed E-state index contributed by atoms with van der Waals surface area (Å²) in [5.74, 6) is 0.248. The molecule has 1 unspecified atom stereocenters. The third kappa shape index (κ3) is 3.38. The van der Waals surface area contributed by atoms with Gasteiger partial charge in [0.25, 0.3) is 0 Å². The quantitative estimate of drug-likeness (QED) is 0.688. The number of carbonyl (C=O) groups is 1. The molecule has 15 heavy (non-hydrogen) atoms. The van der Waals surface area contributed by atoms with Crippen molar-refractivity contribution in [1.82, 2.24) is 0 Å². The van der Waals surface area contributed by atoms with Gasteiger partial charge in [-0.25, -0.2) is 4.79 Å². The van der Waals surface area contributed by atoms with Gasteiger partial charge >= 0.3 is 5.97 Å². The van der Waals surface area contributed by atoms with E-state index < -0.39 is 5.97 Å². The maximum absolute atomic E-state index is 11.2. The highest BCUT2D eigenvalue weighted by Crippen LogP contribution is 2.10. The molecule has 0 amide bonds. The molecule has 0 saturated heterocycles. The molecule has 1 aromatic heterocycles. The number of carbonyl (C=O) groups excluding carboxylic acids is 1. The molecule has 5 heteroatoms. The molecule has 84 valence electrons. The van der Waals surface area contributed by atoms with E-state index >= 15 is 0 Å². The van der Waals surface area contributed by atoms with Crippen LogP contribution in [-0.4, -0.2) is 30.3 Å². The molecule has 0 radical (unpaired) electrons. The second-order valence-electron chi connectivity index (χ2n) is 3.13. The number of esters is 1. The normalized spacial score (nSPS) is 12.5. The van der Waals surface area contributed by atoms with Crippen molar-refractivity contribution in [2.45, 2.75) is 19.4 Å². The first-order valence-corrected chi connectivity index (χ1v) is 4.79. The van der Waals surface area contributed by atoms with Crippen molar-refractivity contribution >= 4 is 5.97 Å². The number of aliphatic hydroxyl groups is 1. The van der Waals surface area contributed by atoms with Crippen LogP contribution in [0.15, 0.2) is 16.5 Å². The molecule has 1 aromatic rings. The van der Waals surface area contributed by atoms with Crippen LogP contribution < -0.4 is 5.73 Å². The molecule has 0 saturated carbocycles. The Hall–Kier alpha value is -1.33. The average Bonchev–Trinajstić information content (AvgIpc) is 2.66. The molecule has 1 rings (SSSR count). The van der Waals surface area contributed by atoms with E-state index in [1.165, 1.54) is 6.07 Å². The van der Waals surface area contributed by atoms with Gasteiger partial charge in [0.15, 0.2) is 0 Å². The molecular formula is C10H15NO4. The topological polar surface area (TPSA) is 85.7 Å². The lowest BCUT2D eigenvalue weighted by Gasteiger charge is -2.04. The fourth-order valence-electron chi connectivity index (χ4n) is 1.12. The molecular weight excluding hydrogens is 198 g/mol.